The van der Waals surface area contributed by atoms with Crippen molar-refractivity contribution in [2.75, 3.05) is 6.61 Å². The Morgan fingerprint density at radius 3 is 2.86 bits per heavy atom. The summed E-state index contributed by atoms with van der Waals surface area (Å²) in [6.07, 6.45) is 6.22. The maximum atomic E-state index is 12.9. The van der Waals surface area contributed by atoms with Crippen LogP contribution in [0, 0.1) is 24.0 Å². The molecule has 14 heavy (non-hydrogen) atoms. The Morgan fingerprint density at radius 2 is 2.14 bits per heavy atom. The lowest BCUT2D eigenvalue weighted by molar-refractivity contribution is 0.295. The predicted octanol–water partition coefficient (Wildman–Crippen LogP) is 2.76. The molecule has 0 saturated heterocycles. The Labute approximate surface area is 81.7 Å². The zero-order valence-electron chi connectivity index (χ0n) is 7.59. The number of hydrogen-bond acceptors (Lipinski definition) is 1. The smallest absolute Gasteiger partial charge is 0.165 e. The number of rotatable bonds is 4. The van der Waals surface area contributed by atoms with Crippen molar-refractivity contribution < 1.29 is 13.5 Å². The van der Waals surface area contributed by atoms with Crippen molar-refractivity contribution in [3.63, 3.8) is 0 Å². The van der Waals surface area contributed by atoms with Crippen molar-refractivity contribution >= 4 is 0 Å². The van der Waals surface area contributed by atoms with Crippen LogP contribution in [0.4, 0.5) is 8.78 Å². The van der Waals surface area contributed by atoms with Gasteiger partial charge in [-0.2, -0.15) is 0 Å². The van der Waals surface area contributed by atoms with Gasteiger partial charge in [0.25, 0.3) is 0 Å². The van der Waals surface area contributed by atoms with Crippen molar-refractivity contribution in [2.45, 2.75) is 12.8 Å². The van der Waals surface area contributed by atoms with Gasteiger partial charge in [0.2, 0.25) is 0 Å². The molecule has 0 bridgehead atoms. The highest BCUT2D eigenvalue weighted by molar-refractivity contribution is 5.24. The number of benzene rings is 1. The molecule has 1 aromatic rings. The molecule has 0 unspecified atom stereocenters. The molecular weight excluding hydrogens is 186 g/mol. The average molecular weight is 196 g/mol. The maximum absolute atomic E-state index is 12.9. The quantitative estimate of drug-likeness (QED) is 0.531. The third kappa shape index (κ3) is 3.06. The van der Waals surface area contributed by atoms with Gasteiger partial charge in [0.1, 0.15) is 5.82 Å². The van der Waals surface area contributed by atoms with Gasteiger partial charge in [-0.3, -0.25) is 0 Å². The molecule has 0 aliphatic carbocycles. The van der Waals surface area contributed by atoms with Crippen LogP contribution in [-0.4, -0.2) is 6.61 Å². The van der Waals surface area contributed by atoms with E-state index < -0.39 is 11.6 Å². The summed E-state index contributed by atoms with van der Waals surface area (Å²) in [6.45, 7) is 0.296. The second-order valence-electron chi connectivity index (χ2n) is 2.73. The van der Waals surface area contributed by atoms with E-state index in [1.54, 1.807) is 0 Å². The minimum absolute atomic E-state index is 0.0676. The van der Waals surface area contributed by atoms with Crippen LogP contribution in [0.15, 0.2) is 18.2 Å². The van der Waals surface area contributed by atoms with E-state index >= 15 is 0 Å². The van der Waals surface area contributed by atoms with Crippen LogP contribution in [0.2, 0.25) is 0 Å². The zero-order chi connectivity index (χ0) is 10.4. The first kappa shape index (κ1) is 10.5. The first-order chi connectivity index (χ1) is 6.74. The average Bonchev–Trinajstić information content (AvgIpc) is 2.18. The summed E-state index contributed by atoms with van der Waals surface area (Å²) in [5.74, 6) is 1.29. The molecule has 0 amide bonds. The highest BCUT2D eigenvalue weighted by Crippen LogP contribution is 2.17. The predicted molar refractivity (Wildman–Crippen MR) is 49.9 cm³/mol. The number of unbranched alkanes of at least 4 members (excludes halogenated alkanes) is 1. The van der Waals surface area contributed by atoms with Crippen LogP contribution in [0.1, 0.15) is 12.8 Å². The monoisotopic (exact) mass is 196 g/mol. The molecule has 0 radical (unpaired) electrons. The summed E-state index contributed by atoms with van der Waals surface area (Å²) in [5.41, 5.74) is 0. The van der Waals surface area contributed by atoms with Crippen LogP contribution in [0.3, 0.4) is 0 Å². The van der Waals surface area contributed by atoms with Crippen LogP contribution < -0.4 is 4.74 Å². The molecule has 0 heterocycles. The summed E-state index contributed by atoms with van der Waals surface area (Å²) >= 11 is 0. The number of halogens is 2. The Morgan fingerprint density at radius 1 is 1.36 bits per heavy atom. The summed E-state index contributed by atoms with van der Waals surface area (Å²) in [4.78, 5) is 0. The van der Waals surface area contributed by atoms with Gasteiger partial charge in [-0.15, -0.1) is 12.3 Å². The lowest BCUT2D eigenvalue weighted by atomic mass is 10.3. The van der Waals surface area contributed by atoms with Crippen molar-refractivity contribution in [1.82, 2.24) is 0 Å². The molecular formula is C11H10F2O. The fourth-order valence-corrected chi connectivity index (χ4v) is 0.944. The van der Waals surface area contributed by atoms with Gasteiger partial charge in [-0.05, 0) is 18.6 Å². The van der Waals surface area contributed by atoms with Gasteiger partial charge in [0.05, 0.1) is 6.61 Å². The normalized spacial score (nSPS) is 9.50. The molecule has 1 rings (SSSR count). The lowest BCUT2D eigenvalue weighted by Crippen LogP contribution is -1.99. The standard InChI is InChI=1S/C11H10F2O/c1-2-3-4-7-14-11-8-9(12)5-6-10(11)13/h1,5-6,8H,3-4,7H2. The van der Waals surface area contributed by atoms with E-state index in [0.717, 1.165) is 18.2 Å². The van der Waals surface area contributed by atoms with Crippen LogP contribution in [0.25, 0.3) is 0 Å². The van der Waals surface area contributed by atoms with E-state index in [1.165, 1.54) is 0 Å². The molecule has 74 valence electrons. The molecule has 1 nitrogen and oxygen atoms in total. The van der Waals surface area contributed by atoms with Gasteiger partial charge in [-0.25, -0.2) is 8.78 Å². The van der Waals surface area contributed by atoms with Crippen molar-refractivity contribution in [3.05, 3.63) is 29.8 Å². The SMILES string of the molecule is C#CCCCOc1cc(F)ccc1F. The van der Waals surface area contributed by atoms with Crippen molar-refractivity contribution in [3.8, 4) is 18.1 Å². The first-order valence-electron chi connectivity index (χ1n) is 4.25. The maximum Gasteiger partial charge on any atom is 0.165 e. The molecule has 3 heteroatoms. The Bertz CT molecular complexity index is 342. The summed E-state index contributed by atoms with van der Waals surface area (Å²) in [7, 11) is 0. The molecule has 0 aliphatic heterocycles. The van der Waals surface area contributed by atoms with Crippen molar-refractivity contribution in [2.24, 2.45) is 0 Å². The van der Waals surface area contributed by atoms with Gasteiger partial charge in [-0.1, -0.05) is 0 Å². The van der Waals surface area contributed by atoms with E-state index in [-0.39, 0.29) is 5.75 Å². The molecule has 0 aromatic heterocycles. The van der Waals surface area contributed by atoms with E-state index in [4.69, 9.17) is 11.2 Å². The Balaban J connectivity index is 2.50. The van der Waals surface area contributed by atoms with Crippen molar-refractivity contribution in [1.29, 1.82) is 0 Å². The highest BCUT2D eigenvalue weighted by Gasteiger charge is 2.03. The van der Waals surface area contributed by atoms with E-state index in [1.807, 2.05) is 0 Å². The minimum atomic E-state index is -0.563. The minimum Gasteiger partial charge on any atom is -0.490 e. The molecule has 1 aromatic carbocycles. The molecule has 0 fully saturated rings. The fraction of sp³-hybridized carbons (Fsp3) is 0.273. The van der Waals surface area contributed by atoms with Crippen LogP contribution in [0.5, 0.6) is 5.75 Å². The van der Waals surface area contributed by atoms with Gasteiger partial charge in [0, 0.05) is 12.5 Å². The zero-order valence-corrected chi connectivity index (χ0v) is 7.59. The molecule has 0 atom stereocenters. The van der Waals surface area contributed by atoms with E-state index in [2.05, 4.69) is 5.92 Å². The molecule has 0 aliphatic rings. The molecule has 0 spiro atoms. The van der Waals surface area contributed by atoms with E-state index in [0.29, 0.717) is 19.4 Å². The summed E-state index contributed by atoms with van der Waals surface area (Å²) in [5, 5.41) is 0. The fourth-order valence-electron chi connectivity index (χ4n) is 0.944. The van der Waals surface area contributed by atoms with Crippen LogP contribution in [-0.2, 0) is 0 Å². The highest BCUT2D eigenvalue weighted by atomic mass is 19.1. The van der Waals surface area contributed by atoms with Gasteiger partial charge in [0.15, 0.2) is 11.6 Å². The Kier molecular flexibility index (Phi) is 3.93. The third-order valence-corrected chi connectivity index (χ3v) is 1.62. The lowest BCUT2D eigenvalue weighted by Gasteiger charge is -2.05. The molecule has 0 saturated carbocycles. The van der Waals surface area contributed by atoms with Crippen LogP contribution >= 0.6 is 0 Å². The summed E-state index contributed by atoms with van der Waals surface area (Å²) < 4.78 is 30.6. The van der Waals surface area contributed by atoms with Gasteiger partial charge >= 0.3 is 0 Å². The Hall–Kier alpha value is -1.56. The molecule has 0 N–H and O–H groups in total. The van der Waals surface area contributed by atoms with Gasteiger partial charge < -0.3 is 4.74 Å². The number of ether oxygens (including phenoxy) is 1. The topological polar surface area (TPSA) is 9.23 Å². The largest absolute Gasteiger partial charge is 0.490 e. The second-order valence-corrected chi connectivity index (χ2v) is 2.73. The summed E-state index contributed by atoms with van der Waals surface area (Å²) in [6, 6.07) is 3.10. The number of terminal acetylenes is 1. The second kappa shape index (κ2) is 5.23. The third-order valence-electron chi connectivity index (χ3n) is 1.62. The number of hydrogen-bond donors (Lipinski definition) is 0. The van der Waals surface area contributed by atoms with E-state index in [9.17, 15) is 8.78 Å². The first-order valence-corrected chi connectivity index (χ1v) is 4.25.